The SMILES string of the molecule is CCCCn1c(=O)c2c(C(O)c3ccc(Cl)cc3)c(Oc3cncc(C(F)(F)F)c3)cnc2n(C)c1=O.Cn1c(=O)n(CCCOC=O)c(=O)c2c(Cc3ccc(Cl)cc3)c(Oc3cncc(C(F)(F)F)c3)cnc21.O=CO.[Zn]. The Bertz CT molecular complexity index is 3710. The maximum atomic E-state index is 13.6. The molecule has 0 radical (unpaired) electrons. The van der Waals surface area contributed by atoms with Crippen LogP contribution in [0.15, 0.2) is 117 Å². The second-order valence-corrected chi connectivity index (χ2v) is 17.6. The third-order valence-corrected chi connectivity index (χ3v) is 12.0. The molecule has 0 saturated carbocycles. The van der Waals surface area contributed by atoms with Gasteiger partial charge in [-0.05, 0) is 60.4 Å². The van der Waals surface area contributed by atoms with Gasteiger partial charge in [-0.3, -0.25) is 47.4 Å². The number of aliphatic hydroxyl groups is 1. The van der Waals surface area contributed by atoms with E-state index in [1.165, 1.54) is 53.7 Å². The second kappa shape index (κ2) is 27.2. The molecule has 28 heteroatoms. The van der Waals surface area contributed by atoms with E-state index in [9.17, 15) is 55.4 Å². The summed E-state index contributed by atoms with van der Waals surface area (Å²) in [6.45, 7) is 2.01. The van der Waals surface area contributed by atoms with Gasteiger partial charge in [-0.1, -0.05) is 60.8 Å². The van der Waals surface area contributed by atoms with Crippen LogP contribution in [0.1, 0.15) is 65.7 Å². The summed E-state index contributed by atoms with van der Waals surface area (Å²) in [7, 11) is 2.88. The molecule has 0 bridgehead atoms. The van der Waals surface area contributed by atoms with Gasteiger partial charge >= 0.3 is 23.7 Å². The smallest absolute Gasteiger partial charge is 0.418 e. The minimum atomic E-state index is -4.66. The van der Waals surface area contributed by atoms with Gasteiger partial charge in [0, 0.05) is 86.6 Å². The molecule has 0 fully saturated rings. The van der Waals surface area contributed by atoms with Crippen LogP contribution in [-0.4, -0.2) is 68.0 Å². The standard InChI is InChI=1S/C25H20ClF3N4O5.C25H22ClF3N4O4.CH2O2.Zn/c1-32-22-21(23(35)33(24(32)36)7-2-8-37-14-34)19(9-15-3-5-17(26)6-4-15)20(13-31-22)38-18-10-16(11-30-12-18)25(27,28)29;1-3-4-9-33-23(35)20-19(21(34)14-5-7-16(26)8-6-14)18(13-31-22(20)32(2)24(33)36)37-17-10-15(11-30-12-17)25(27,28)29;2-1-3;/h3-6,10-14H,2,7-9H2,1H3;5-8,10-13,21,34H,3-4,9H2,1-2H3;1H,(H,2,3);. The molecule has 79 heavy (non-hydrogen) atoms. The largest absolute Gasteiger partial charge is 0.483 e. The van der Waals surface area contributed by atoms with Crippen molar-refractivity contribution in [1.82, 2.24) is 38.2 Å². The number of pyridine rings is 4. The number of aromatic nitrogens is 8. The molecule has 2 N–H and O–H groups in total. The van der Waals surface area contributed by atoms with Crippen molar-refractivity contribution in [3.05, 3.63) is 183 Å². The van der Waals surface area contributed by atoms with E-state index in [0.29, 0.717) is 45.6 Å². The number of alkyl halides is 6. The molecule has 0 spiro atoms. The molecule has 0 amide bonds. The monoisotopic (exact) mass is 1190 g/mol. The number of carbonyl (C=O) groups excluding carboxylic acids is 1. The first-order valence-electron chi connectivity index (χ1n) is 23.0. The van der Waals surface area contributed by atoms with Crippen LogP contribution in [0.2, 0.25) is 10.0 Å². The van der Waals surface area contributed by atoms with Crippen molar-refractivity contribution in [1.29, 1.82) is 0 Å². The first-order chi connectivity index (χ1) is 37.0. The van der Waals surface area contributed by atoms with Crippen molar-refractivity contribution >= 4 is 58.2 Å². The fraction of sp³-hybridized carbons (Fsp3) is 0.255. The topological polar surface area (TPSA) is 242 Å². The number of carboxylic acid groups (broad SMARTS) is 1. The summed E-state index contributed by atoms with van der Waals surface area (Å²) in [5.74, 6) is -0.653. The molecule has 1 unspecified atom stereocenters. The zero-order chi connectivity index (χ0) is 57.1. The Balaban J connectivity index is 0.000000274. The van der Waals surface area contributed by atoms with Crippen molar-refractivity contribution in [2.45, 2.75) is 64.2 Å². The van der Waals surface area contributed by atoms with Gasteiger partial charge < -0.3 is 24.4 Å². The Morgan fingerprint density at radius 2 is 1.13 bits per heavy atom. The number of benzene rings is 2. The predicted octanol–water partition coefficient (Wildman–Crippen LogP) is 8.64. The normalized spacial score (nSPS) is 11.6. The molecule has 8 aromatic rings. The molecular formula is C51H44Cl2F6N8O11Zn. The van der Waals surface area contributed by atoms with E-state index in [1.807, 2.05) is 6.92 Å². The van der Waals surface area contributed by atoms with Crippen LogP contribution < -0.4 is 32.0 Å². The number of fused-ring (bicyclic) bond motifs is 2. The summed E-state index contributed by atoms with van der Waals surface area (Å²) in [4.78, 5) is 87.3. The maximum absolute atomic E-state index is 13.6. The van der Waals surface area contributed by atoms with Crippen molar-refractivity contribution in [3.8, 4) is 23.0 Å². The zero-order valence-electron chi connectivity index (χ0n) is 41.8. The van der Waals surface area contributed by atoms with E-state index in [2.05, 4.69) is 24.7 Å². The number of hydrogen-bond acceptors (Lipinski definition) is 14. The van der Waals surface area contributed by atoms with Crippen molar-refractivity contribution < 1.29 is 79.8 Å². The van der Waals surface area contributed by atoms with Crippen molar-refractivity contribution in [2.75, 3.05) is 6.61 Å². The number of nitrogens with zero attached hydrogens (tertiary/aromatic N) is 8. The Labute approximate surface area is 465 Å². The average molecular weight is 1200 g/mol. The molecule has 8 rings (SSSR count). The molecule has 0 aliphatic carbocycles. The number of aryl methyl sites for hydroxylation is 2. The summed E-state index contributed by atoms with van der Waals surface area (Å²) in [6, 6.07) is 14.4. The summed E-state index contributed by atoms with van der Waals surface area (Å²) in [5.41, 5.74) is -3.29. The van der Waals surface area contributed by atoms with Crippen LogP contribution in [0.25, 0.3) is 22.1 Å². The van der Waals surface area contributed by atoms with Gasteiger partial charge in [0.05, 0.1) is 53.3 Å². The predicted molar refractivity (Wildman–Crippen MR) is 271 cm³/mol. The minimum Gasteiger partial charge on any atom is -0.483 e. The van der Waals surface area contributed by atoms with Crippen LogP contribution in [0, 0.1) is 0 Å². The first kappa shape index (κ1) is 62.1. The number of carbonyl (C=O) groups is 2. The van der Waals surface area contributed by atoms with Crippen LogP contribution in [0.4, 0.5) is 26.3 Å². The third kappa shape index (κ3) is 14.9. The summed E-state index contributed by atoms with van der Waals surface area (Å²) >= 11 is 12.0. The van der Waals surface area contributed by atoms with Gasteiger partial charge in [0.2, 0.25) is 0 Å². The van der Waals surface area contributed by atoms with Gasteiger partial charge in [-0.2, -0.15) is 26.3 Å². The van der Waals surface area contributed by atoms with Crippen LogP contribution in [0.5, 0.6) is 23.0 Å². The molecule has 0 aliphatic heterocycles. The quantitative estimate of drug-likeness (QED) is 0.0398. The van der Waals surface area contributed by atoms with Crippen molar-refractivity contribution in [2.24, 2.45) is 14.1 Å². The Kier molecular flexibility index (Phi) is 21.4. The number of unbranched alkanes of at least 4 members (excludes halogenated alkanes) is 1. The molecule has 0 saturated heterocycles. The number of hydrogen-bond donors (Lipinski definition) is 2. The summed E-state index contributed by atoms with van der Waals surface area (Å²) in [6.07, 6.45) is -3.30. The number of halogens is 8. The molecule has 19 nitrogen and oxygen atoms in total. The summed E-state index contributed by atoms with van der Waals surface area (Å²) < 4.78 is 99.9. The van der Waals surface area contributed by atoms with Crippen LogP contribution in [0.3, 0.4) is 0 Å². The van der Waals surface area contributed by atoms with E-state index in [0.717, 1.165) is 46.3 Å². The zero-order valence-corrected chi connectivity index (χ0v) is 46.3. The van der Waals surface area contributed by atoms with E-state index < -0.39 is 52.1 Å². The molecule has 6 heterocycles. The molecular weight excluding hydrogens is 1150 g/mol. The van der Waals surface area contributed by atoms with Crippen LogP contribution >= 0.6 is 23.2 Å². The van der Waals surface area contributed by atoms with Gasteiger partial charge in [0.1, 0.15) is 34.6 Å². The molecule has 6 aromatic heterocycles. The number of aliphatic hydroxyl groups excluding tert-OH is 1. The van der Waals surface area contributed by atoms with Crippen LogP contribution in [-0.2, 0) is 79.8 Å². The van der Waals surface area contributed by atoms with Crippen molar-refractivity contribution in [3.63, 3.8) is 0 Å². The molecule has 2 aromatic carbocycles. The molecule has 412 valence electrons. The van der Waals surface area contributed by atoms with Gasteiger partial charge in [-0.15, -0.1) is 0 Å². The maximum Gasteiger partial charge on any atom is 0.418 e. The van der Waals surface area contributed by atoms with Gasteiger partial charge in [-0.25, -0.2) is 19.6 Å². The minimum absolute atomic E-state index is 0. The first-order valence-corrected chi connectivity index (χ1v) is 23.7. The summed E-state index contributed by atoms with van der Waals surface area (Å²) in [5, 5.41) is 19.1. The van der Waals surface area contributed by atoms with E-state index >= 15 is 0 Å². The third-order valence-electron chi connectivity index (χ3n) is 11.5. The number of ether oxygens (including phenoxy) is 3. The second-order valence-electron chi connectivity index (χ2n) is 16.7. The van der Waals surface area contributed by atoms with E-state index in [-0.39, 0.29) is 116 Å². The van der Waals surface area contributed by atoms with Gasteiger partial charge in [0.25, 0.3) is 24.1 Å². The fourth-order valence-electron chi connectivity index (χ4n) is 7.76. The Morgan fingerprint density at radius 1 is 0.671 bits per heavy atom. The van der Waals surface area contributed by atoms with E-state index in [4.69, 9.17) is 42.6 Å². The van der Waals surface area contributed by atoms with E-state index in [1.54, 1.807) is 24.3 Å². The fourth-order valence-corrected chi connectivity index (χ4v) is 8.01. The molecule has 1 atom stereocenters. The Morgan fingerprint density at radius 3 is 1.62 bits per heavy atom. The average Bonchev–Trinajstić information content (AvgIpc) is 3.51. The van der Waals surface area contributed by atoms with Gasteiger partial charge in [0.15, 0.2) is 5.75 Å². The molecule has 0 aliphatic rings. The Hall–Kier alpha value is -7.80. The number of rotatable bonds is 16.